The normalized spacial score (nSPS) is 18.9. The van der Waals surface area contributed by atoms with Crippen LogP contribution in [0.4, 0.5) is 18.0 Å². The van der Waals surface area contributed by atoms with Crippen molar-refractivity contribution in [1.82, 2.24) is 9.80 Å². The lowest BCUT2D eigenvalue weighted by Gasteiger charge is -2.40. The average molecular weight is 467 g/mol. The van der Waals surface area contributed by atoms with Gasteiger partial charge in [-0.2, -0.15) is 13.2 Å². The lowest BCUT2D eigenvalue weighted by atomic mass is 10.2. The molecular formula is C19H26BrF3N2O3. The van der Waals surface area contributed by atoms with Crippen LogP contribution in [0.15, 0.2) is 22.7 Å². The maximum atomic E-state index is 12.8. The molecule has 1 amide bonds. The molecule has 1 aliphatic rings. The lowest BCUT2D eigenvalue weighted by Crippen LogP contribution is -2.55. The Morgan fingerprint density at radius 1 is 1.25 bits per heavy atom. The van der Waals surface area contributed by atoms with Gasteiger partial charge in [-0.3, -0.25) is 4.90 Å². The van der Waals surface area contributed by atoms with E-state index in [0.29, 0.717) is 30.7 Å². The highest BCUT2D eigenvalue weighted by atomic mass is 79.9. The first-order valence-corrected chi connectivity index (χ1v) is 9.87. The largest absolute Gasteiger partial charge is 0.491 e. The average Bonchev–Trinajstić information content (AvgIpc) is 2.55. The Kier molecular flexibility index (Phi) is 7.25. The van der Waals surface area contributed by atoms with Crippen LogP contribution >= 0.6 is 15.9 Å². The second kappa shape index (κ2) is 8.90. The van der Waals surface area contributed by atoms with Gasteiger partial charge in [-0.1, -0.05) is 0 Å². The smallest absolute Gasteiger partial charge is 0.416 e. The Bertz CT molecular complexity index is 692. The molecule has 28 heavy (non-hydrogen) atoms. The van der Waals surface area contributed by atoms with E-state index in [2.05, 4.69) is 20.8 Å². The summed E-state index contributed by atoms with van der Waals surface area (Å²) < 4.78 is 50.0. The summed E-state index contributed by atoms with van der Waals surface area (Å²) in [5.74, 6) is 0.162. The maximum absolute atomic E-state index is 12.8. The van der Waals surface area contributed by atoms with E-state index in [9.17, 15) is 18.0 Å². The molecule has 2 rings (SSSR count). The third kappa shape index (κ3) is 6.55. The number of halogens is 4. The third-order valence-electron chi connectivity index (χ3n) is 4.31. The highest BCUT2D eigenvalue weighted by molar-refractivity contribution is 9.10. The Morgan fingerprint density at radius 2 is 1.93 bits per heavy atom. The van der Waals surface area contributed by atoms with Crippen molar-refractivity contribution in [2.75, 3.05) is 32.8 Å². The summed E-state index contributed by atoms with van der Waals surface area (Å²) in [7, 11) is 0. The number of benzene rings is 1. The molecule has 1 saturated heterocycles. The molecule has 1 aliphatic heterocycles. The highest BCUT2D eigenvalue weighted by Crippen LogP contribution is 2.35. The number of hydrogen-bond acceptors (Lipinski definition) is 4. The van der Waals surface area contributed by atoms with Crippen LogP contribution in [-0.4, -0.2) is 60.3 Å². The van der Waals surface area contributed by atoms with Crippen LogP contribution in [0.5, 0.6) is 5.75 Å². The minimum absolute atomic E-state index is 0.0924. The van der Waals surface area contributed by atoms with Crippen molar-refractivity contribution in [3.63, 3.8) is 0 Å². The molecule has 9 heteroatoms. The fraction of sp³-hybridized carbons (Fsp3) is 0.632. The number of nitrogens with zero attached hydrogens (tertiary/aromatic N) is 2. The first-order valence-electron chi connectivity index (χ1n) is 9.08. The number of carbonyl (C=O) groups excluding carboxylic acids is 1. The van der Waals surface area contributed by atoms with E-state index in [4.69, 9.17) is 9.47 Å². The molecule has 1 aromatic rings. The minimum Gasteiger partial charge on any atom is -0.491 e. The summed E-state index contributed by atoms with van der Waals surface area (Å²) in [6.45, 7) is 9.98. The van der Waals surface area contributed by atoms with Crippen molar-refractivity contribution in [1.29, 1.82) is 0 Å². The van der Waals surface area contributed by atoms with Crippen LogP contribution in [0.3, 0.4) is 0 Å². The van der Waals surface area contributed by atoms with Crippen LogP contribution < -0.4 is 4.74 Å². The zero-order chi connectivity index (χ0) is 21.1. The number of carbonyl (C=O) groups is 1. The van der Waals surface area contributed by atoms with E-state index in [1.165, 1.54) is 6.07 Å². The van der Waals surface area contributed by atoms with Gasteiger partial charge in [-0.15, -0.1) is 0 Å². The van der Waals surface area contributed by atoms with E-state index >= 15 is 0 Å². The van der Waals surface area contributed by atoms with Gasteiger partial charge in [-0.25, -0.2) is 4.79 Å². The summed E-state index contributed by atoms with van der Waals surface area (Å²) in [5.41, 5.74) is -1.28. The van der Waals surface area contributed by atoms with Gasteiger partial charge in [0.25, 0.3) is 0 Å². The van der Waals surface area contributed by atoms with E-state index in [1.54, 1.807) is 4.90 Å². The highest BCUT2D eigenvalue weighted by Gasteiger charge is 2.32. The zero-order valence-electron chi connectivity index (χ0n) is 16.5. The molecule has 0 unspecified atom stereocenters. The molecule has 1 heterocycles. The summed E-state index contributed by atoms with van der Waals surface area (Å²) in [4.78, 5) is 16.0. The lowest BCUT2D eigenvalue weighted by molar-refractivity contribution is -0.137. The van der Waals surface area contributed by atoms with Crippen molar-refractivity contribution >= 4 is 22.0 Å². The number of alkyl halides is 3. The van der Waals surface area contributed by atoms with Gasteiger partial charge >= 0.3 is 12.3 Å². The zero-order valence-corrected chi connectivity index (χ0v) is 18.1. The first kappa shape index (κ1) is 22.8. The molecule has 158 valence electrons. The molecule has 0 aromatic heterocycles. The summed E-state index contributed by atoms with van der Waals surface area (Å²) in [5, 5.41) is 0. The van der Waals surface area contributed by atoms with Crippen LogP contribution in [-0.2, 0) is 10.9 Å². The van der Waals surface area contributed by atoms with Crippen molar-refractivity contribution in [3.8, 4) is 5.75 Å². The SMILES string of the molecule is C[C@@H]1CN(C(=O)OC(C)(C)C)CCN1CCOc1cc(C(F)(F)F)ccc1Br. The van der Waals surface area contributed by atoms with E-state index in [-0.39, 0.29) is 24.5 Å². The predicted octanol–water partition coefficient (Wildman–Crippen LogP) is 4.79. The van der Waals surface area contributed by atoms with Crippen LogP contribution in [0.1, 0.15) is 33.3 Å². The molecule has 1 aromatic carbocycles. The van der Waals surface area contributed by atoms with Crippen molar-refractivity contribution in [3.05, 3.63) is 28.2 Å². The Morgan fingerprint density at radius 3 is 2.50 bits per heavy atom. The van der Waals surface area contributed by atoms with Crippen LogP contribution in [0.25, 0.3) is 0 Å². The van der Waals surface area contributed by atoms with E-state index < -0.39 is 17.3 Å². The Labute approximate surface area is 171 Å². The van der Waals surface area contributed by atoms with Crippen LogP contribution in [0, 0.1) is 0 Å². The molecule has 1 fully saturated rings. The molecule has 5 nitrogen and oxygen atoms in total. The number of hydrogen-bond donors (Lipinski definition) is 0. The molecule has 0 radical (unpaired) electrons. The molecular weight excluding hydrogens is 441 g/mol. The van der Waals surface area contributed by atoms with Crippen molar-refractivity contribution in [2.24, 2.45) is 0 Å². The fourth-order valence-electron chi connectivity index (χ4n) is 2.88. The minimum atomic E-state index is -4.41. The molecule has 0 spiro atoms. The van der Waals surface area contributed by atoms with Gasteiger partial charge in [-0.05, 0) is 61.8 Å². The van der Waals surface area contributed by atoms with Gasteiger partial charge in [0.2, 0.25) is 0 Å². The molecule has 0 bridgehead atoms. The monoisotopic (exact) mass is 466 g/mol. The van der Waals surface area contributed by atoms with Gasteiger partial charge in [0.15, 0.2) is 0 Å². The predicted molar refractivity (Wildman–Crippen MR) is 103 cm³/mol. The second-order valence-corrected chi connectivity index (χ2v) is 8.66. The summed E-state index contributed by atoms with van der Waals surface area (Å²) in [6.07, 6.45) is -4.74. The molecule has 1 atom stereocenters. The first-order chi connectivity index (χ1) is 12.9. The Hall–Kier alpha value is -1.48. The quantitative estimate of drug-likeness (QED) is 0.639. The molecule has 0 saturated carbocycles. The second-order valence-electron chi connectivity index (χ2n) is 7.80. The maximum Gasteiger partial charge on any atom is 0.416 e. The van der Waals surface area contributed by atoms with Gasteiger partial charge in [0.05, 0.1) is 10.0 Å². The number of piperazine rings is 1. The third-order valence-corrected chi connectivity index (χ3v) is 4.97. The number of rotatable bonds is 4. The van der Waals surface area contributed by atoms with Gasteiger partial charge in [0, 0.05) is 32.2 Å². The summed E-state index contributed by atoms with van der Waals surface area (Å²) >= 11 is 3.22. The van der Waals surface area contributed by atoms with Crippen molar-refractivity contribution in [2.45, 2.75) is 45.5 Å². The van der Waals surface area contributed by atoms with Gasteiger partial charge in [0.1, 0.15) is 18.0 Å². The fourth-order valence-corrected chi connectivity index (χ4v) is 3.24. The van der Waals surface area contributed by atoms with Gasteiger partial charge < -0.3 is 14.4 Å². The molecule has 0 N–H and O–H groups in total. The Balaban J connectivity index is 1.86. The van der Waals surface area contributed by atoms with E-state index in [1.807, 2.05) is 27.7 Å². The standard InChI is InChI=1S/C19H26BrF3N2O3/c1-13-12-25(17(26)28-18(2,3)4)8-7-24(13)9-10-27-16-11-14(19(21,22)23)5-6-15(16)20/h5-6,11,13H,7-10,12H2,1-4H3/t13-/m1/s1. The van der Waals surface area contributed by atoms with Crippen molar-refractivity contribution < 1.29 is 27.4 Å². The van der Waals surface area contributed by atoms with Crippen LogP contribution in [0.2, 0.25) is 0 Å². The topological polar surface area (TPSA) is 42.0 Å². The number of amides is 1. The molecule has 0 aliphatic carbocycles. The number of ether oxygens (including phenoxy) is 2. The summed E-state index contributed by atoms with van der Waals surface area (Å²) in [6, 6.07) is 3.43. The van der Waals surface area contributed by atoms with E-state index in [0.717, 1.165) is 12.1 Å².